The molecule has 5 heteroatoms. The van der Waals surface area contributed by atoms with Gasteiger partial charge < -0.3 is 0 Å². The third kappa shape index (κ3) is 3.11. The second-order valence-electron chi connectivity index (χ2n) is 5.99. The number of hydrogen-bond donors (Lipinski definition) is 0. The predicted molar refractivity (Wildman–Crippen MR) is 80.8 cm³/mol. The Balaban J connectivity index is 1.49. The summed E-state index contributed by atoms with van der Waals surface area (Å²) >= 11 is 1.54. The van der Waals surface area contributed by atoms with Crippen molar-refractivity contribution in [1.82, 2.24) is 15.1 Å². The number of rotatable bonds is 4. The first-order valence-electron chi connectivity index (χ1n) is 7.26. The second kappa shape index (κ2) is 5.80. The van der Waals surface area contributed by atoms with E-state index in [1.54, 1.807) is 16.9 Å². The Morgan fingerprint density at radius 1 is 1.37 bits per heavy atom. The van der Waals surface area contributed by atoms with Crippen LogP contribution in [0.25, 0.3) is 0 Å². The van der Waals surface area contributed by atoms with Gasteiger partial charge in [0.05, 0.1) is 0 Å². The molecule has 4 nitrogen and oxygen atoms in total. The van der Waals surface area contributed by atoms with Crippen molar-refractivity contribution in [3.63, 3.8) is 0 Å². The first-order chi connectivity index (χ1) is 9.22. The molecule has 3 rings (SSSR count). The van der Waals surface area contributed by atoms with Crippen molar-refractivity contribution in [2.45, 2.75) is 31.7 Å². The monoisotopic (exact) mass is 322 g/mol. The summed E-state index contributed by atoms with van der Waals surface area (Å²) in [5.41, 5.74) is 1.24. The molecule has 1 unspecified atom stereocenters. The maximum absolute atomic E-state index is 4.05. The Labute approximate surface area is 124 Å². The van der Waals surface area contributed by atoms with Gasteiger partial charge in [0.25, 0.3) is 0 Å². The summed E-state index contributed by atoms with van der Waals surface area (Å²) in [4.78, 5) is 4.98. The van der Waals surface area contributed by atoms with Gasteiger partial charge in [0.15, 0.2) is 0 Å². The van der Waals surface area contributed by atoms with Crippen molar-refractivity contribution in [2.75, 3.05) is 31.6 Å². The van der Waals surface area contributed by atoms with E-state index in [0.717, 1.165) is 29.5 Å². The molecule has 1 aromatic rings. The van der Waals surface area contributed by atoms with E-state index in [1.165, 1.54) is 37.9 Å². The molecule has 0 radical (unpaired) electrons. The first kappa shape index (κ1) is 13.4. The topological polar surface area (TPSA) is 32.3 Å². The molecule has 19 heavy (non-hydrogen) atoms. The van der Waals surface area contributed by atoms with Crippen LogP contribution in [-0.2, 0) is 0 Å². The summed E-state index contributed by atoms with van der Waals surface area (Å²) < 4.78 is 1.06. The molecule has 0 N–H and O–H groups in total. The molecule has 1 saturated heterocycles. The third-order valence-corrected chi connectivity index (χ3v) is 5.12. The average Bonchev–Trinajstić information content (AvgIpc) is 2.80. The van der Waals surface area contributed by atoms with E-state index >= 15 is 0 Å². The van der Waals surface area contributed by atoms with Crippen molar-refractivity contribution in [3.8, 4) is 0 Å². The Bertz CT molecular complexity index is 427. The van der Waals surface area contributed by atoms with Crippen LogP contribution >= 0.6 is 0 Å². The minimum absolute atomic E-state index is 0.722. The summed E-state index contributed by atoms with van der Waals surface area (Å²) in [7, 11) is 2.29. The SMILES string of the molecule is CN(CC1CCCC1)C1CN(c2cnnc([AsH2])c2)C1. The van der Waals surface area contributed by atoms with E-state index in [1.807, 2.05) is 6.20 Å². The summed E-state index contributed by atoms with van der Waals surface area (Å²) in [6.45, 7) is 3.57. The normalized spacial score (nSPS) is 21.1. The first-order valence-corrected chi connectivity index (χ1v) is 8.47. The van der Waals surface area contributed by atoms with E-state index in [9.17, 15) is 0 Å². The molecule has 0 aromatic carbocycles. The fourth-order valence-corrected chi connectivity index (χ4v) is 3.74. The molecule has 1 saturated carbocycles. The fourth-order valence-electron chi connectivity index (χ4n) is 3.24. The van der Waals surface area contributed by atoms with Crippen molar-refractivity contribution >= 4 is 27.0 Å². The minimum atomic E-state index is 0.722. The molecular formula is C14H23AsN4. The Hall–Kier alpha value is -0.602. The third-order valence-electron chi connectivity index (χ3n) is 4.53. The van der Waals surface area contributed by atoms with Gasteiger partial charge in [-0.15, -0.1) is 0 Å². The summed E-state index contributed by atoms with van der Waals surface area (Å²) in [5, 5.41) is 8.09. The van der Waals surface area contributed by atoms with Gasteiger partial charge in [0.1, 0.15) is 0 Å². The van der Waals surface area contributed by atoms with Gasteiger partial charge in [0.2, 0.25) is 0 Å². The average molecular weight is 322 g/mol. The zero-order valence-corrected chi connectivity index (χ0v) is 14.0. The molecule has 104 valence electrons. The Kier molecular flexibility index (Phi) is 4.09. The van der Waals surface area contributed by atoms with Gasteiger partial charge in [-0.2, -0.15) is 0 Å². The molecule has 1 aliphatic heterocycles. The molecule has 0 spiro atoms. The van der Waals surface area contributed by atoms with Crippen LogP contribution in [0.2, 0.25) is 0 Å². The number of nitrogens with zero attached hydrogens (tertiary/aromatic N) is 4. The van der Waals surface area contributed by atoms with Crippen molar-refractivity contribution in [2.24, 2.45) is 5.92 Å². The van der Waals surface area contributed by atoms with Crippen LogP contribution in [-0.4, -0.2) is 64.7 Å². The van der Waals surface area contributed by atoms with Crippen LogP contribution in [0, 0.1) is 5.92 Å². The van der Waals surface area contributed by atoms with Crippen LogP contribution in [0.15, 0.2) is 12.3 Å². The van der Waals surface area contributed by atoms with Crippen molar-refractivity contribution in [3.05, 3.63) is 12.3 Å². The molecule has 1 atom stereocenters. The molecule has 1 aromatic heterocycles. The van der Waals surface area contributed by atoms with Crippen LogP contribution < -0.4 is 9.38 Å². The number of anilines is 1. The summed E-state index contributed by atoms with van der Waals surface area (Å²) in [5.74, 6) is 0.951. The van der Waals surface area contributed by atoms with Gasteiger partial charge in [-0.1, -0.05) is 0 Å². The van der Waals surface area contributed by atoms with Crippen LogP contribution in [0.1, 0.15) is 25.7 Å². The summed E-state index contributed by atoms with van der Waals surface area (Å²) in [6, 6.07) is 2.87. The van der Waals surface area contributed by atoms with Gasteiger partial charge in [0, 0.05) is 0 Å². The second-order valence-corrected chi connectivity index (χ2v) is 7.23. The van der Waals surface area contributed by atoms with Gasteiger partial charge in [-0.3, -0.25) is 0 Å². The Morgan fingerprint density at radius 3 is 2.79 bits per heavy atom. The molecule has 2 aliphatic rings. The molecule has 2 heterocycles. The number of hydrogen-bond acceptors (Lipinski definition) is 4. The van der Waals surface area contributed by atoms with E-state index in [4.69, 9.17) is 0 Å². The van der Waals surface area contributed by atoms with E-state index in [-0.39, 0.29) is 0 Å². The number of likely N-dealkylation sites (N-methyl/N-ethyl adjacent to an activating group) is 1. The zero-order valence-electron chi connectivity index (χ0n) is 11.6. The van der Waals surface area contributed by atoms with Crippen LogP contribution in [0.5, 0.6) is 0 Å². The standard InChI is InChI=1S/C14H23AsN4/c1-18(8-11-4-2-3-5-11)13-9-19(10-13)12-6-14(15)17-16-7-12/h6-7,11,13H,2-5,8-10,15H2,1H3. The molecule has 1 aliphatic carbocycles. The molecule has 0 amide bonds. The summed E-state index contributed by atoms with van der Waals surface area (Å²) in [6.07, 6.45) is 7.65. The Morgan fingerprint density at radius 2 is 2.11 bits per heavy atom. The van der Waals surface area contributed by atoms with Crippen molar-refractivity contribution < 1.29 is 0 Å². The van der Waals surface area contributed by atoms with Gasteiger partial charge in [-0.05, 0) is 0 Å². The zero-order chi connectivity index (χ0) is 13.2. The quantitative estimate of drug-likeness (QED) is 0.733. The van der Waals surface area contributed by atoms with E-state index < -0.39 is 0 Å². The van der Waals surface area contributed by atoms with Crippen LogP contribution in [0.4, 0.5) is 5.69 Å². The van der Waals surface area contributed by atoms with Crippen molar-refractivity contribution in [1.29, 1.82) is 0 Å². The maximum atomic E-state index is 4.05. The number of aromatic nitrogens is 2. The van der Waals surface area contributed by atoms with Gasteiger partial charge >= 0.3 is 124 Å². The van der Waals surface area contributed by atoms with Gasteiger partial charge in [-0.25, -0.2) is 0 Å². The fraction of sp³-hybridized carbons (Fsp3) is 0.714. The molecule has 0 bridgehead atoms. The predicted octanol–water partition coefficient (Wildman–Crippen LogP) is 0.0456. The van der Waals surface area contributed by atoms with Crippen LogP contribution in [0.3, 0.4) is 0 Å². The van der Waals surface area contributed by atoms with E-state index in [0.29, 0.717) is 0 Å². The molecular weight excluding hydrogens is 299 g/mol. The molecule has 2 fully saturated rings. The van der Waals surface area contributed by atoms with E-state index in [2.05, 4.69) is 33.1 Å².